The van der Waals surface area contributed by atoms with Crippen LogP contribution in [0, 0.1) is 0 Å². The summed E-state index contributed by atoms with van der Waals surface area (Å²) in [6.45, 7) is 1.00. The minimum absolute atomic E-state index is 0.0580. The van der Waals surface area contributed by atoms with Gasteiger partial charge in [-0.3, -0.25) is 9.35 Å². The number of amides is 1. The first-order valence-electron chi connectivity index (χ1n) is 8.95. The van der Waals surface area contributed by atoms with Crippen molar-refractivity contribution in [2.45, 2.75) is 24.7 Å². The Labute approximate surface area is 175 Å². The van der Waals surface area contributed by atoms with Crippen LogP contribution in [0.5, 0.6) is 0 Å². The maximum Gasteiger partial charge on any atom is 0.264 e. The number of carbonyl (C=O) groups excluding carboxylic acids is 1. The summed E-state index contributed by atoms with van der Waals surface area (Å²) in [4.78, 5) is 14.6. The second-order valence-corrected chi connectivity index (χ2v) is 9.53. The Morgan fingerprint density at radius 2 is 1.82 bits per heavy atom. The van der Waals surface area contributed by atoms with Crippen molar-refractivity contribution >= 4 is 39.2 Å². The largest absolute Gasteiger partial charge is 0.338 e. The maximum atomic E-state index is 12.9. The lowest BCUT2D eigenvalue weighted by atomic mass is 9.76. The number of halogens is 2. The van der Waals surface area contributed by atoms with E-state index in [1.807, 2.05) is 24.3 Å². The summed E-state index contributed by atoms with van der Waals surface area (Å²) in [7, 11) is -4.04. The fourth-order valence-corrected chi connectivity index (χ4v) is 4.62. The van der Waals surface area contributed by atoms with Crippen LogP contribution in [0.25, 0.3) is 0 Å². The van der Waals surface area contributed by atoms with E-state index in [-0.39, 0.29) is 18.1 Å². The third-order valence-corrected chi connectivity index (χ3v) is 6.79. The van der Waals surface area contributed by atoms with Crippen molar-refractivity contribution in [2.75, 3.05) is 18.8 Å². The number of rotatable bonds is 6. The van der Waals surface area contributed by atoms with Crippen LogP contribution >= 0.6 is 23.2 Å². The Bertz CT molecular complexity index is 965. The van der Waals surface area contributed by atoms with Gasteiger partial charge in [0, 0.05) is 24.1 Å². The van der Waals surface area contributed by atoms with Crippen molar-refractivity contribution in [1.82, 2.24) is 4.90 Å². The minimum Gasteiger partial charge on any atom is -0.338 e. The van der Waals surface area contributed by atoms with Gasteiger partial charge in [0.05, 0.1) is 15.8 Å². The number of carbonyl (C=O) groups is 1. The van der Waals surface area contributed by atoms with Gasteiger partial charge in [-0.15, -0.1) is 0 Å². The predicted octanol–water partition coefficient (Wildman–Crippen LogP) is 4.45. The van der Waals surface area contributed by atoms with Gasteiger partial charge in [-0.25, -0.2) is 0 Å². The quantitative estimate of drug-likeness (QED) is 0.671. The fraction of sp³-hybridized carbons (Fsp3) is 0.350. The van der Waals surface area contributed by atoms with Gasteiger partial charge in [-0.05, 0) is 49.1 Å². The van der Waals surface area contributed by atoms with E-state index >= 15 is 0 Å². The molecule has 2 aromatic rings. The fourth-order valence-electron chi connectivity index (χ4n) is 3.81. The van der Waals surface area contributed by atoms with Crippen LogP contribution in [0.15, 0.2) is 48.5 Å². The lowest BCUT2D eigenvalue weighted by Crippen LogP contribution is -2.35. The van der Waals surface area contributed by atoms with Gasteiger partial charge in [-0.2, -0.15) is 8.42 Å². The summed E-state index contributed by atoms with van der Waals surface area (Å²) in [5.41, 5.74) is 1.09. The van der Waals surface area contributed by atoms with Gasteiger partial charge in [0.1, 0.15) is 0 Å². The molecule has 1 heterocycles. The molecule has 2 aromatic carbocycles. The average Bonchev–Trinajstić information content (AvgIpc) is 3.08. The molecular weight excluding hydrogens is 421 g/mol. The van der Waals surface area contributed by atoms with E-state index in [9.17, 15) is 13.2 Å². The molecule has 1 aliphatic heterocycles. The van der Waals surface area contributed by atoms with E-state index in [1.165, 1.54) is 0 Å². The second kappa shape index (κ2) is 8.41. The van der Waals surface area contributed by atoms with Gasteiger partial charge in [0.25, 0.3) is 16.0 Å². The first-order valence-corrected chi connectivity index (χ1v) is 11.3. The van der Waals surface area contributed by atoms with Gasteiger partial charge in [0.15, 0.2) is 0 Å². The Morgan fingerprint density at radius 3 is 2.46 bits per heavy atom. The summed E-state index contributed by atoms with van der Waals surface area (Å²) in [5, 5.41) is 0.856. The van der Waals surface area contributed by atoms with E-state index < -0.39 is 15.5 Å². The zero-order valence-corrected chi connectivity index (χ0v) is 17.5. The molecule has 1 saturated heterocycles. The first kappa shape index (κ1) is 21.1. The number of likely N-dealkylation sites (tertiary alicyclic amines) is 1. The molecule has 5 nitrogen and oxygen atoms in total. The van der Waals surface area contributed by atoms with Crippen LogP contribution in [0.3, 0.4) is 0 Å². The van der Waals surface area contributed by atoms with Crippen LogP contribution in [-0.2, 0) is 15.5 Å². The van der Waals surface area contributed by atoms with E-state index in [1.54, 1.807) is 29.2 Å². The molecule has 0 bridgehead atoms. The summed E-state index contributed by atoms with van der Waals surface area (Å²) >= 11 is 12.3. The molecule has 28 heavy (non-hydrogen) atoms. The molecular formula is C20H21Cl2NO4S. The Balaban J connectivity index is 1.87. The Morgan fingerprint density at radius 1 is 1.11 bits per heavy atom. The second-order valence-electron chi connectivity index (χ2n) is 7.14. The minimum atomic E-state index is -4.04. The normalized spacial score (nSPS) is 19.8. The highest BCUT2D eigenvalue weighted by molar-refractivity contribution is 7.85. The van der Waals surface area contributed by atoms with Gasteiger partial charge >= 0.3 is 0 Å². The number of benzene rings is 2. The third kappa shape index (κ3) is 4.87. The zero-order valence-electron chi connectivity index (χ0n) is 15.1. The number of hydrogen-bond donors (Lipinski definition) is 1. The molecule has 0 spiro atoms. The summed E-state index contributed by atoms with van der Waals surface area (Å²) in [5.74, 6) is -0.375. The Hall–Kier alpha value is -1.60. The highest BCUT2D eigenvalue weighted by Gasteiger charge is 2.41. The highest BCUT2D eigenvalue weighted by Crippen LogP contribution is 2.41. The van der Waals surface area contributed by atoms with Crippen LogP contribution in [0.1, 0.15) is 35.2 Å². The molecule has 3 rings (SSSR count). The van der Waals surface area contributed by atoms with Crippen molar-refractivity contribution in [2.24, 2.45) is 0 Å². The number of hydrogen-bond acceptors (Lipinski definition) is 3. The smallest absolute Gasteiger partial charge is 0.264 e. The standard InChI is InChI=1S/C20H21Cl2NO4S/c21-17-8-7-16(13-18(17)22)20(9-4-12-28(25,26)27)10-11-23(14-20)19(24)15-5-2-1-3-6-15/h1-3,5-8,13H,4,9-12,14H2,(H,25,26,27). The molecule has 1 aliphatic rings. The van der Waals surface area contributed by atoms with E-state index in [0.29, 0.717) is 41.5 Å². The monoisotopic (exact) mass is 441 g/mol. The molecule has 1 amide bonds. The van der Waals surface area contributed by atoms with Crippen LogP contribution in [0.2, 0.25) is 10.0 Å². The zero-order chi connectivity index (χ0) is 20.4. The van der Waals surface area contributed by atoms with E-state index in [4.69, 9.17) is 27.8 Å². The molecule has 0 radical (unpaired) electrons. The van der Waals surface area contributed by atoms with Crippen LogP contribution < -0.4 is 0 Å². The molecule has 1 unspecified atom stereocenters. The maximum absolute atomic E-state index is 12.9. The van der Waals surface area contributed by atoms with Gasteiger partial charge < -0.3 is 4.90 Å². The topological polar surface area (TPSA) is 74.7 Å². The highest BCUT2D eigenvalue weighted by atomic mass is 35.5. The first-order chi connectivity index (χ1) is 13.2. The summed E-state index contributed by atoms with van der Waals surface area (Å²) < 4.78 is 31.4. The molecule has 150 valence electrons. The summed E-state index contributed by atoms with van der Waals surface area (Å²) in [6.07, 6.45) is 1.46. The summed E-state index contributed by atoms with van der Waals surface area (Å²) in [6, 6.07) is 14.4. The van der Waals surface area contributed by atoms with Crippen molar-refractivity contribution in [3.05, 3.63) is 69.7 Å². The molecule has 1 atom stereocenters. The average molecular weight is 442 g/mol. The van der Waals surface area contributed by atoms with E-state index in [0.717, 1.165) is 5.56 Å². The predicted molar refractivity (Wildman–Crippen MR) is 111 cm³/mol. The molecule has 1 fully saturated rings. The molecule has 0 aromatic heterocycles. The Kier molecular flexibility index (Phi) is 6.34. The molecule has 8 heteroatoms. The van der Waals surface area contributed by atoms with Gasteiger partial charge in [-0.1, -0.05) is 47.5 Å². The lowest BCUT2D eigenvalue weighted by molar-refractivity contribution is 0.0782. The van der Waals surface area contributed by atoms with E-state index in [2.05, 4.69) is 0 Å². The van der Waals surface area contributed by atoms with Gasteiger partial charge in [0.2, 0.25) is 0 Å². The molecule has 0 aliphatic carbocycles. The van der Waals surface area contributed by atoms with Crippen molar-refractivity contribution < 1.29 is 17.8 Å². The van der Waals surface area contributed by atoms with Crippen molar-refractivity contribution in [3.8, 4) is 0 Å². The molecule has 0 saturated carbocycles. The van der Waals surface area contributed by atoms with Crippen molar-refractivity contribution in [1.29, 1.82) is 0 Å². The lowest BCUT2D eigenvalue weighted by Gasteiger charge is -2.30. The SMILES string of the molecule is O=C(c1ccccc1)N1CCC(CCCS(=O)(=O)O)(c2ccc(Cl)c(Cl)c2)C1. The van der Waals surface area contributed by atoms with Crippen LogP contribution in [0.4, 0.5) is 0 Å². The number of nitrogens with zero attached hydrogens (tertiary/aromatic N) is 1. The third-order valence-electron chi connectivity index (χ3n) is 5.25. The van der Waals surface area contributed by atoms with Crippen LogP contribution in [-0.4, -0.2) is 42.6 Å². The van der Waals surface area contributed by atoms with Crippen molar-refractivity contribution in [3.63, 3.8) is 0 Å². The molecule has 1 N–H and O–H groups in total.